The topological polar surface area (TPSA) is 170 Å². The van der Waals surface area contributed by atoms with Crippen LogP contribution in [0.2, 0.25) is 0 Å². The highest BCUT2D eigenvalue weighted by atomic mass is 16.4. The summed E-state index contributed by atoms with van der Waals surface area (Å²) in [6.07, 6.45) is 2.09. The molecule has 0 saturated carbocycles. The molecule has 0 aliphatic heterocycles. The van der Waals surface area contributed by atoms with Crippen molar-refractivity contribution in [2.24, 2.45) is 5.92 Å². The van der Waals surface area contributed by atoms with Crippen LogP contribution in [0.5, 0.6) is 0 Å². The molecule has 0 radical (unpaired) electrons. The van der Waals surface area contributed by atoms with Crippen LogP contribution in [0.1, 0.15) is 50.2 Å². The van der Waals surface area contributed by atoms with Gasteiger partial charge < -0.3 is 26.0 Å². The highest BCUT2D eigenvalue weighted by Gasteiger charge is 2.26. The summed E-state index contributed by atoms with van der Waals surface area (Å²) in [7, 11) is 0. The second kappa shape index (κ2) is 13.8. The second-order valence-electron chi connectivity index (χ2n) is 7.47. The third-order valence-electron chi connectivity index (χ3n) is 4.80. The number of carbonyl (C=O) groups excluding carboxylic acids is 2. The molecule has 32 heavy (non-hydrogen) atoms. The predicted molar refractivity (Wildman–Crippen MR) is 114 cm³/mol. The number of unbranched alkanes of at least 4 members (excludes halogenated alkanes) is 2. The lowest BCUT2D eigenvalue weighted by molar-refractivity contribution is -0.154. The zero-order valence-electron chi connectivity index (χ0n) is 18.0. The van der Waals surface area contributed by atoms with Gasteiger partial charge >= 0.3 is 17.9 Å². The monoisotopic (exact) mass is 450 g/mol. The van der Waals surface area contributed by atoms with E-state index in [1.807, 2.05) is 6.92 Å². The molecule has 1 rings (SSSR count). The molecule has 0 aromatic heterocycles. The SMILES string of the molecule is CCCCCNC(=O)C(Cc1ccc(CC(C(=O)O)C(=O)O)cc1)NC(=O)CCC(=O)O. The van der Waals surface area contributed by atoms with Crippen LogP contribution in [0.15, 0.2) is 24.3 Å². The predicted octanol–water partition coefficient (Wildman–Crippen LogP) is 1.21. The number of aliphatic carboxylic acids is 3. The molecule has 0 saturated heterocycles. The van der Waals surface area contributed by atoms with E-state index >= 15 is 0 Å². The number of nitrogens with one attached hydrogen (secondary N) is 2. The third-order valence-corrected chi connectivity index (χ3v) is 4.80. The number of carboxylic acid groups (broad SMARTS) is 3. The van der Waals surface area contributed by atoms with Crippen molar-refractivity contribution in [2.45, 2.75) is 57.9 Å². The third kappa shape index (κ3) is 10.1. The van der Waals surface area contributed by atoms with Crippen LogP contribution in [-0.2, 0) is 36.8 Å². The van der Waals surface area contributed by atoms with Crippen LogP contribution < -0.4 is 10.6 Å². The molecule has 1 aromatic rings. The van der Waals surface area contributed by atoms with Crippen molar-refractivity contribution in [1.82, 2.24) is 10.6 Å². The van der Waals surface area contributed by atoms with Gasteiger partial charge in [0.2, 0.25) is 11.8 Å². The fourth-order valence-electron chi connectivity index (χ4n) is 2.97. The van der Waals surface area contributed by atoms with Gasteiger partial charge in [0.1, 0.15) is 6.04 Å². The number of hydrogen-bond acceptors (Lipinski definition) is 5. The molecular formula is C22H30N2O8. The van der Waals surface area contributed by atoms with Gasteiger partial charge in [0.15, 0.2) is 5.92 Å². The lowest BCUT2D eigenvalue weighted by atomic mass is 9.97. The van der Waals surface area contributed by atoms with E-state index in [4.69, 9.17) is 15.3 Å². The van der Waals surface area contributed by atoms with E-state index in [9.17, 15) is 24.0 Å². The molecule has 1 aromatic carbocycles. The number of carbonyl (C=O) groups is 5. The van der Waals surface area contributed by atoms with E-state index in [0.717, 1.165) is 19.3 Å². The smallest absolute Gasteiger partial charge is 0.318 e. The molecule has 10 nitrogen and oxygen atoms in total. The van der Waals surface area contributed by atoms with Crippen LogP contribution in [0.25, 0.3) is 0 Å². The summed E-state index contributed by atoms with van der Waals surface area (Å²) < 4.78 is 0. The summed E-state index contributed by atoms with van der Waals surface area (Å²) in [6, 6.07) is 5.52. The normalized spacial score (nSPS) is 11.6. The molecule has 0 spiro atoms. The van der Waals surface area contributed by atoms with Crippen molar-refractivity contribution < 1.29 is 39.3 Å². The second-order valence-corrected chi connectivity index (χ2v) is 7.47. The van der Waals surface area contributed by atoms with Gasteiger partial charge in [-0.3, -0.25) is 24.0 Å². The maximum Gasteiger partial charge on any atom is 0.318 e. The Labute approximate surface area is 186 Å². The van der Waals surface area contributed by atoms with Gasteiger partial charge in [0.25, 0.3) is 0 Å². The van der Waals surface area contributed by atoms with Crippen LogP contribution in [-0.4, -0.2) is 57.6 Å². The van der Waals surface area contributed by atoms with Gasteiger partial charge in [-0.15, -0.1) is 0 Å². The van der Waals surface area contributed by atoms with E-state index in [0.29, 0.717) is 17.7 Å². The van der Waals surface area contributed by atoms with E-state index in [2.05, 4.69) is 10.6 Å². The first-order valence-electron chi connectivity index (χ1n) is 10.5. The minimum atomic E-state index is -1.56. The molecule has 0 aliphatic carbocycles. The zero-order valence-corrected chi connectivity index (χ0v) is 18.0. The van der Waals surface area contributed by atoms with E-state index in [1.54, 1.807) is 24.3 Å². The minimum absolute atomic E-state index is 0.139. The summed E-state index contributed by atoms with van der Waals surface area (Å²) in [6.45, 7) is 2.49. The molecule has 0 fully saturated rings. The number of benzene rings is 1. The lowest BCUT2D eigenvalue weighted by Gasteiger charge is -2.19. The largest absolute Gasteiger partial charge is 0.481 e. The molecule has 0 heterocycles. The summed E-state index contributed by atoms with van der Waals surface area (Å²) in [5.74, 6) is -6.46. The summed E-state index contributed by atoms with van der Waals surface area (Å²) in [4.78, 5) is 57.4. The van der Waals surface area contributed by atoms with Crippen LogP contribution >= 0.6 is 0 Å². The zero-order chi connectivity index (χ0) is 24.1. The highest BCUT2D eigenvalue weighted by Crippen LogP contribution is 2.13. The Morgan fingerprint density at radius 3 is 1.91 bits per heavy atom. The Morgan fingerprint density at radius 2 is 1.41 bits per heavy atom. The van der Waals surface area contributed by atoms with Crippen LogP contribution in [0.4, 0.5) is 0 Å². The molecule has 1 atom stereocenters. The molecule has 1 unspecified atom stereocenters. The van der Waals surface area contributed by atoms with Gasteiger partial charge in [-0.25, -0.2) is 0 Å². The summed E-state index contributed by atoms with van der Waals surface area (Å²) >= 11 is 0. The Bertz CT molecular complexity index is 793. The Balaban J connectivity index is 2.84. The standard InChI is InChI=1S/C22H30N2O8/c1-2-3-4-11-23-20(28)17(24-18(25)9-10-19(26)27)13-15-7-5-14(6-8-15)12-16(21(29)30)22(31)32/h5-8,16-17H,2-4,9-13H2,1H3,(H,23,28)(H,24,25)(H,26,27)(H,29,30)(H,31,32). The molecule has 0 aliphatic rings. The maximum atomic E-state index is 12.6. The van der Waals surface area contributed by atoms with Crippen LogP contribution in [0.3, 0.4) is 0 Å². The van der Waals surface area contributed by atoms with E-state index in [-0.39, 0.29) is 31.6 Å². The van der Waals surface area contributed by atoms with Gasteiger partial charge in [0.05, 0.1) is 6.42 Å². The van der Waals surface area contributed by atoms with Gasteiger partial charge in [-0.05, 0) is 24.0 Å². The van der Waals surface area contributed by atoms with Crippen molar-refractivity contribution in [1.29, 1.82) is 0 Å². The van der Waals surface area contributed by atoms with Crippen molar-refractivity contribution in [3.8, 4) is 0 Å². The fraction of sp³-hybridized carbons (Fsp3) is 0.500. The average Bonchev–Trinajstić information content (AvgIpc) is 2.73. The first-order valence-corrected chi connectivity index (χ1v) is 10.5. The van der Waals surface area contributed by atoms with E-state index < -0.39 is 35.8 Å². The first kappa shape index (κ1) is 26.6. The summed E-state index contributed by atoms with van der Waals surface area (Å²) in [5.41, 5.74) is 1.18. The van der Waals surface area contributed by atoms with Gasteiger partial charge in [0, 0.05) is 19.4 Å². The van der Waals surface area contributed by atoms with Gasteiger partial charge in [-0.1, -0.05) is 44.0 Å². The highest BCUT2D eigenvalue weighted by molar-refractivity contribution is 5.93. The molecule has 176 valence electrons. The van der Waals surface area contributed by atoms with Crippen molar-refractivity contribution >= 4 is 29.7 Å². The number of rotatable bonds is 15. The Hall–Kier alpha value is -3.43. The number of amides is 2. The molecule has 10 heteroatoms. The fourth-order valence-corrected chi connectivity index (χ4v) is 2.97. The van der Waals surface area contributed by atoms with Crippen LogP contribution in [0, 0.1) is 5.92 Å². The Morgan fingerprint density at radius 1 is 0.844 bits per heavy atom. The molecule has 0 bridgehead atoms. The lowest BCUT2D eigenvalue weighted by Crippen LogP contribution is -2.48. The average molecular weight is 450 g/mol. The van der Waals surface area contributed by atoms with Crippen molar-refractivity contribution in [3.63, 3.8) is 0 Å². The Kier molecular flexibility index (Phi) is 11.5. The number of hydrogen-bond donors (Lipinski definition) is 5. The molecule has 2 amide bonds. The van der Waals surface area contributed by atoms with Gasteiger partial charge in [-0.2, -0.15) is 0 Å². The first-order chi connectivity index (χ1) is 15.1. The number of carboxylic acids is 3. The molecule has 5 N–H and O–H groups in total. The van der Waals surface area contributed by atoms with E-state index in [1.165, 1.54) is 0 Å². The minimum Gasteiger partial charge on any atom is -0.481 e. The quantitative estimate of drug-likeness (QED) is 0.196. The van der Waals surface area contributed by atoms with Crippen molar-refractivity contribution in [2.75, 3.05) is 6.54 Å². The maximum absolute atomic E-state index is 12.6. The summed E-state index contributed by atoms with van der Waals surface area (Å²) in [5, 5.41) is 32.1. The van der Waals surface area contributed by atoms with Crippen molar-refractivity contribution in [3.05, 3.63) is 35.4 Å². The molecular weight excluding hydrogens is 420 g/mol.